The van der Waals surface area contributed by atoms with Crippen molar-refractivity contribution in [3.05, 3.63) is 118 Å². The van der Waals surface area contributed by atoms with Gasteiger partial charge in [0.05, 0.1) is 17.1 Å². The number of hydrogen-bond acceptors (Lipinski definition) is 3. The molecule has 0 bridgehead atoms. The highest BCUT2D eigenvalue weighted by Crippen LogP contribution is 2.40. The van der Waals surface area contributed by atoms with Crippen LogP contribution in [0.4, 0.5) is 5.69 Å². The fourth-order valence-corrected chi connectivity index (χ4v) is 5.16. The Morgan fingerprint density at radius 3 is 2.46 bits per heavy atom. The van der Waals surface area contributed by atoms with Gasteiger partial charge >= 0.3 is 0 Å². The third-order valence-electron chi connectivity index (χ3n) is 6.38. The molecule has 0 aliphatic carbocycles. The zero-order valence-electron chi connectivity index (χ0n) is 18.8. The summed E-state index contributed by atoms with van der Waals surface area (Å²) >= 11 is 12.6. The van der Waals surface area contributed by atoms with Crippen LogP contribution in [0.25, 0.3) is 27.7 Å². The Labute approximate surface area is 212 Å². The molecule has 3 aromatic carbocycles. The molecular formula is C28H21Cl2N5. The van der Waals surface area contributed by atoms with E-state index in [1.54, 1.807) is 6.20 Å². The van der Waals surface area contributed by atoms with Crippen LogP contribution in [0.3, 0.4) is 0 Å². The number of anilines is 1. The normalized spacial score (nSPS) is 12.4. The van der Waals surface area contributed by atoms with Crippen molar-refractivity contribution in [3.8, 4) is 11.1 Å². The first-order valence-electron chi connectivity index (χ1n) is 11.2. The van der Waals surface area contributed by atoms with E-state index in [1.807, 2.05) is 60.1 Å². The Morgan fingerprint density at radius 1 is 0.914 bits per heavy atom. The van der Waals surface area contributed by atoms with Gasteiger partial charge in [-0.05, 0) is 60.0 Å². The van der Waals surface area contributed by atoms with Crippen molar-refractivity contribution < 1.29 is 0 Å². The Bertz CT molecular complexity index is 1700. The van der Waals surface area contributed by atoms with Crippen molar-refractivity contribution in [2.45, 2.75) is 12.8 Å². The molecule has 3 heterocycles. The lowest BCUT2D eigenvalue weighted by Gasteiger charge is -2.20. The number of imidazole rings is 2. The first-order chi connectivity index (χ1) is 17.0. The summed E-state index contributed by atoms with van der Waals surface area (Å²) in [6.45, 7) is 1.95. The summed E-state index contributed by atoms with van der Waals surface area (Å²) in [6.07, 6.45) is 5.60. The molecule has 0 fully saturated rings. The SMILES string of the molecule is Cc1ncc(C(c2ccc(Cl)cc2)c2ccc3c(c2)c(-c2cccc(Cl)c2)c(N)c2nccn23)[nH]1. The minimum Gasteiger partial charge on any atom is -0.395 e. The fraction of sp³-hybridized carbons (Fsp3) is 0.0714. The number of pyridine rings is 1. The molecule has 1 unspecified atom stereocenters. The summed E-state index contributed by atoms with van der Waals surface area (Å²) in [5, 5.41) is 2.37. The van der Waals surface area contributed by atoms with E-state index < -0.39 is 0 Å². The average Bonchev–Trinajstić information content (AvgIpc) is 3.51. The molecule has 0 aliphatic rings. The van der Waals surface area contributed by atoms with Gasteiger partial charge in [-0.15, -0.1) is 0 Å². The molecule has 6 aromatic rings. The molecule has 0 amide bonds. The van der Waals surface area contributed by atoms with Crippen molar-refractivity contribution in [3.63, 3.8) is 0 Å². The molecule has 5 nitrogen and oxygen atoms in total. The van der Waals surface area contributed by atoms with Gasteiger partial charge in [-0.3, -0.25) is 4.40 Å². The van der Waals surface area contributed by atoms with Crippen LogP contribution in [0.15, 0.2) is 85.3 Å². The molecule has 35 heavy (non-hydrogen) atoms. The maximum Gasteiger partial charge on any atom is 0.161 e. The van der Waals surface area contributed by atoms with Crippen molar-refractivity contribution in [2.75, 3.05) is 5.73 Å². The van der Waals surface area contributed by atoms with Crippen LogP contribution in [0.5, 0.6) is 0 Å². The number of halogens is 2. The number of benzene rings is 3. The quantitative estimate of drug-likeness (QED) is 0.269. The van der Waals surface area contributed by atoms with E-state index in [0.717, 1.165) is 50.3 Å². The number of aromatic amines is 1. The Hall–Kier alpha value is -3.80. The molecule has 3 aromatic heterocycles. The van der Waals surface area contributed by atoms with Crippen molar-refractivity contribution in [1.82, 2.24) is 19.4 Å². The van der Waals surface area contributed by atoms with Crippen LogP contribution < -0.4 is 5.73 Å². The number of rotatable bonds is 4. The molecule has 7 heteroatoms. The monoisotopic (exact) mass is 497 g/mol. The van der Waals surface area contributed by atoms with Crippen LogP contribution in [0.1, 0.15) is 28.6 Å². The average molecular weight is 498 g/mol. The van der Waals surface area contributed by atoms with Gasteiger partial charge in [0.1, 0.15) is 5.82 Å². The van der Waals surface area contributed by atoms with Gasteiger partial charge in [0.15, 0.2) is 5.65 Å². The molecule has 0 saturated carbocycles. The maximum absolute atomic E-state index is 6.72. The number of aryl methyl sites for hydroxylation is 1. The van der Waals surface area contributed by atoms with E-state index in [2.05, 4.69) is 45.3 Å². The van der Waals surface area contributed by atoms with Gasteiger partial charge in [0.2, 0.25) is 0 Å². The minimum absolute atomic E-state index is 0.0650. The molecule has 0 saturated heterocycles. The number of fused-ring (bicyclic) bond motifs is 3. The van der Waals surface area contributed by atoms with Gasteiger partial charge in [-0.1, -0.05) is 53.5 Å². The first-order valence-corrected chi connectivity index (χ1v) is 12.0. The highest BCUT2D eigenvalue weighted by atomic mass is 35.5. The van der Waals surface area contributed by atoms with E-state index in [4.69, 9.17) is 28.9 Å². The summed E-state index contributed by atoms with van der Waals surface area (Å²) in [6, 6.07) is 22.2. The second kappa shape index (κ2) is 8.45. The summed E-state index contributed by atoms with van der Waals surface area (Å²) in [5.74, 6) is 0.800. The molecular weight excluding hydrogens is 477 g/mol. The van der Waals surface area contributed by atoms with Crippen molar-refractivity contribution in [1.29, 1.82) is 0 Å². The zero-order valence-corrected chi connectivity index (χ0v) is 20.3. The van der Waals surface area contributed by atoms with E-state index >= 15 is 0 Å². The lowest BCUT2D eigenvalue weighted by molar-refractivity contribution is 0.927. The number of nitrogens with two attached hydrogens (primary N) is 1. The predicted octanol–water partition coefficient (Wildman–Crippen LogP) is 7.26. The second-order valence-corrected chi connectivity index (χ2v) is 9.48. The Morgan fingerprint density at radius 2 is 1.71 bits per heavy atom. The number of H-pyrrole nitrogens is 1. The Kier molecular flexibility index (Phi) is 5.24. The van der Waals surface area contributed by atoms with Crippen LogP contribution in [0, 0.1) is 6.92 Å². The molecule has 0 radical (unpaired) electrons. The number of hydrogen-bond donors (Lipinski definition) is 2. The summed E-state index contributed by atoms with van der Waals surface area (Å²) in [4.78, 5) is 12.4. The summed E-state index contributed by atoms with van der Waals surface area (Å²) < 4.78 is 2.03. The smallest absolute Gasteiger partial charge is 0.161 e. The van der Waals surface area contributed by atoms with Gasteiger partial charge in [0, 0.05) is 45.3 Å². The maximum atomic E-state index is 6.72. The molecule has 172 valence electrons. The highest BCUT2D eigenvalue weighted by molar-refractivity contribution is 6.31. The van der Waals surface area contributed by atoms with Crippen LogP contribution in [-0.2, 0) is 0 Å². The largest absolute Gasteiger partial charge is 0.395 e. The van der Waals surface area contributed by atoms with Gasteiger partial charge in [0.25, 0.3) is 0 Å². The number of nitrogens with one attached hydrogen (secondary N) is 1. The number of nitrogen functional groups attached to an aromatic ring is 1. The topological polar surface area (TPSA) is 72.0 Å². The molecule has 3 N–H and O–H groups in total. The second-order valence-electron chi connectivity index (χ2n) is 8.60. The Balaban J connectivity index is 1.66. The van der Waals surface area contributed by atoms with Gasteiger partial charge < -0.3 is 10.7 Å². The number of nitrogens with zero attached hydrogens (tertiary/aromatic N) is 3. The zero-order chi connectivity index (χ0) is 24.1. The third-order valence-corrected chi connectivity index (χ3v) is 6.87. The van der Waals surface area contributed by atoms with Crippen molar-refractivity contribution >= 4 is 45.4 Å². The van der Waals surface area contributed by atoms with E-state index in [9.17, 15) is 0 Å². The van der Waals surface area contributed by atoms with Gasteiger partial charge in [-0.2, -0.15) is 0 Å². The predicted molar refractivity (Wildman–Crippen MR) is 143 cm³/mol. The van der Waals surface area contributed by atoms with Crippen LogP contribution in [-0.4, -0.2) is 19.4 Å². The standard InChI is InChI=1S/C28H21Cl2N5/c1-16-33-15-23(34-16)25(17-5-8-20(29)9-6-17)19-7-10-24-22(14-19)26(18-3-2-4-21(30)13-18)27(31)28-32-11-12-35(24)28/h2-15,25H,31H2,1H3,(H,33,34). The molecule has 0 spiro atoms. The van der Waals surface area contributed by atoms with Crippen LogP contribution >= 0.6 is 23.2 Å². The number of aromatic nitrogens is 4. The summed E-state index contributed by atoms with van der Waals surface area (Å²) in [5.41, 5.74) is 14.2. The summed E-state index contributed by atoms with van der Waals surface area (Å²) in [7, 11) is 0. The fourth-order valence-electron chi connectivity index (χ4n) is 4.85. The third kappa shape index (κ3) is 3.73. The lowest BCUT2D eigenvalue weighted by atomic mass is 9.87. The first kappa shape index (κ1) is 21.7. The van der Waals surface area contributed by atoms with Gasteiger partial charge in [-0.25, -0.2) is 9.97 Å². The van der Waals surface area contributed by atoms with Crippen molar-refractivity contribution in [2.24, 2.45) is 0 Å². The highest BCUT2D eigenvalue weighted by Gasteiger charge is 2.22. The van der Waals surface area contributed by atoms with Crippen LogP contribution in [0.2, 0.25) is 10.0 Å². The molecule has 0 aliphatic heterocycles. The van der Waals surface area contributed by atoms with E-state index in [-0.39, 0.29) is 5.92 Å². The molecule has 1 atom stereocenters. The van der Waals surface area contributed by atoms with E-state index in [1.165, 1.54) is 0 Å². The lowest BCUT2D eigenvalue weighted by Crippen LogP contribution is -2.05. The minimum atomic E-state index is -0.0650. The van der Waals surface area contributed by atoms with E-state index in [0.29, 0.717) is 15.7 Å². The molecule has 6 rings (SSSR count).